The monoisotopic (exact) mass is 422 g/mol. The maximum atomic E-state index is 12.9. The van der Waals surface area contributed by atoms with Crippen LogP contribution in [0.4, 0.5) is 0 Å². The molecule has 7 heteroatoms. The molecule has 1 N–H and O–H groups in total. The van der Waals surface area contributed by atoms with Gasteiger partial charge in [-0.25, -0.2) is 4.98 Å². The number of aromatic nitrogens is 2. The minimum absolute atomic E-state index is 0.0359. The molecule has 1 aromatic carbocycles. The van der Waals surface area contributed by atoms with Crippen LogP contribution in [0.1, 0.15) is 31.4 Å². The molecular weight excluding hydrogens is 396 g/mol. The molecule has 1 atom stereocenters. The first kappa shape index (κ1) is 19.5. The molecule has 1 amide bonds. The molecular formula is C23H26N4O2S. The van der Waals surface area contributed by atoms with Crippen LogP contribution in [0.2, 0.25) is 0 Å². The van der Waals surface area contributed by atoms with E-state index >= 15 is 0 Å². The van der Waals surface area contributed by atoms with Gasteiger partial charge in [-0.1, -0.05) is 30.3 Å². The molecule has 0 bridgehead atoms. The van der Waals surface area contributed by atoms with Gasteiger partial charge in [-0.15, -0.1) is 11.3 Å². The Balaban J connectivity index is 1.30. The molecule has 2 aliphatic rings. The van der Waals surface area contributed by atoms with Crippen LogP contribution in [0.3, 0.4) is 0 Å². The third-order valence-corrected chi connectivity index (χ3v) is 6.88. The van der Waals surface area contributed by atoms with Gasteiger partial charge in [0.2, 0.25) is 5.91 Å². The first-order valence-corrected chi connectivity index (χ1v) is 11.6. The highest BCUT2D eigenvalue weighted by Crippen LogP contribution is 2.28. The van der Waals surface area contributed by atoms with Gasteiger partial charge in [-0.05, 0) is 43.7 Å². The van der Waals surface area contributed by atoms with E-state index in [2.05, 4.69) is 10.2 Å². The number of likely N-dealkylation sites (tertiary alicyclic amines) is 1. The van der Waals surface area contributed by atoms with Crippen LogP contribution < -0.4 is 10.9 Å². The smallest absolute Gasteiger partial charge is 0.259 e. The van der Waals surface area contributed by atoms with Crippen molar-refractivity contribution in [3.63, 3.8) is 0 Å². The fourth-order valence-electron chi connectivity index (χ4n) is 4.21. The molecule has 1 unspecified atom stereocenters. The first-order valence-electron chi connectivity index (χ1n) is 10.7. The molecule has 1 saturated carbocycles. The van der Waals surface area contributed by atoms with Gasteiger partial charge in [-0.3, -0.25) is 18.9 Å². The van der Waals surface area contributed by atoms with Crippen LogP contribution in [0.15, 0.2) is 46.6 Å². The van der Waals surface area contributed by atoms with Crippen molar-refractivity contribution in [1.29, 1.82) is 0 Å². The van der Waals surface area contributed by atoms with E-state index in [1.54, 1.807) is 10.5 Å². The molecule has 5 rings (SSSR count). The lowest BCUT2D eigenvalue weighted by Crippen LogP contribution is -2.43. The van der Waals surface area contributed by atoms with Crippen molar-refractivity contribution in [2.24, 2.45) is 11.8 Å². The molecule has 1 aliphatic carbocycles. The standard InChI is InChI=1S/C23H26N4O2S/c28-21-11-19(25-23-27(21)20(15-30-23)17-5-2-1-3-6-17)14-26-10-4-7-18(13-26)22(29)24-12-16-8-9-16/h1-3,5-6,11,15-16,18H,4,7-10,12-14H2,(H,24,29). The Hall–Kier alpha value is -2.51. The zero-order chi connectivity index (χ0) is 20.5. The number of piperidine rings is 1. The molecule has 3 heterocycles. The molecule has 0 radical (unpaired) electrons. The second-order valence-corrected chi connectivity index (χ2v) is 9.29. The average Bonchev–Trinajstić information content (AvgIpc) is 3.50. The summed E-state index contributed by atoms with van der Waals surface area (Å²) in [5.74, 6) is 0.915. The largest absolute Gasteiger partial charge is 0.356 e. The maximum Gasteiger partial charge on any atom is 0.259 e. The van der Waals surface area contributed by atoms with Gasteiger partial charge >= 0.3 is 0 Å². The van der Waals surface area contributed by atoms with Crippen LogP contribution in [-0.2, 0) is 11.3 Å². The van der Waals surface area contributed by atoms with Gasteiger partial charge in [0.15, 0.2) is 4.96 Å². The van der Waals surface area contributed by atoms with E-state index in [1.165, 1.54) is 24.2 Å². The second kappa shape index (κ2) is 8.32. The Bertz CT molecular complexity index is 1100. The fourth-order valence-corrected chi connectivity index (χ4v) is 5.13. The van der Waals surface area contributed by atoms with E-state index in [4.69, 9.17) is 4.98 Å². The lowest BCUT2D eigenvalue weighted by atomic mass is 9.97. The quantitative estimate of drug-likeness (QED) is 0.663. The number of amides is 1. The van der Waals surface area contributed by atoms with Crippen molar-refractivity contribution in [3.8, 4) is 11.3 Å². The Morgan fingerprint density at radius 2 is 2.03 bits per heavy atom. The van der Waals surface area contributed by atoms with Gasteiger partial charge in [-0.2, -0.15) is 0 Å². The maximum absolute atomic E-state index is 12.9. The van der Waals surface area contributed by atoms with Crippen LogP contribution in [-0.4, -0.2) is 39.8 Å². The molecule has 156 valence electrons. The molecule has 2 aromatic heterocycles. The average molecular weight is 423 g/mol. The van der Waals surface area contributed by atoms with Gasteiger partial charge in [0.25, 0.3) is 5.56 Å². The van der Waals surface area contributed by atoms with Crippen molar-refractivity contribution in [2.45, 2.75) is 32.2 Å². The van der Waals surface area contributed by atoms with E-state index in [0.717, 1.165) is 49.4 Å². The van der Waals surface area contributed by atoms with E-state index in [-0.39, 0.29) is 17.4 Å². The first-order chi connectivity index (χ1) is 14.7. The van der Waals surface area contributed by atoms with Crippen molar-refractivity contribution in [1.82, 2.24) is 19.6 Å². The number of rotatable bonds is 6. The highest BCUT2D eigenvalue weighted by atomic mass is 32.1. The highest BCUT2D eigenvalue weighted by Gasteiger charge is 2.28. The van der Waals surface area contributed by atoms with Crippen molar-refractivity contribution in [2.75, 3.05) is 19.6 Å². The Kier molecular flexibility index (Phi) is 5.39. The van der Waals surface area contributed by atoms with Crippen molar-refractivity contribution < 1.29 is 4.79 Å². The summed E-state index contributed by atoms with van der Waals surface area (Å²) in [7, 11) is 0. The number of benzene rings is 1. The fraction of sp³-hybridized carbons (Fsp3) is 0.435. The number of nitrogens with one attached hydrogen (secondary N) is 1. The third kappa shape index (κ3) is 4.18. The number of carbonyl (C=O) groups is 1. The number of nitrogens with zero attached hydrogens (tertiary/aromatic N) is 3. The Morgan fingerprint density at radius 3 is 2.83 bits per heavy atom. The summed E-state index contributed by atoms with van der Waals surface area (Å²) in [5.41, 5.74) is 2.62. The summed E-state index contributed by atoms with van der Waals surface area (Å²) in [5, 5.41) is 5.11. The Labute approximate surface area is 179 Å². The van der Waals surface area contributed by atoms with Gasteiger partial charge in [0.05, 0.1) is 17.3 Å². The lowest BCUT2D eigenvalue weighted by Gasteiger charge is -2.31. The number of carbonyl (C=O) groups excluding carboxylic acids is 1. The predicted molar refractivity (Wildman–Crippen MR) is 119 cm³/mol. The van der Waals surface area contributed by atoms with Crippen molar-refractivity contribution in [3.05, 3.63) is 57.8 Å². The summed E-state index contributed by atoms with van der Waals surface area (Å²) in [4.78, 5) is 33.1. The minimum atomic E-state index is -0.0501. The lowest BCUT2D eigenvalue weighted by molar-refractivity contribution is -0.126. The zero-order valence-electron chi connectivity index (χ0n) is 16.9. The molecule has 30 heavy (non-hydrogen) atoms. The number of hydrogen-bond donors (Lipinski definition) is 1. The molecule has 1 saturated heterocycles. The zero-order valence-corrected chi connectivity index (χ0v) is 17.7. The van der Waals surface area contributed by atoms with E-state index in [9.17, 15) is 9.59 Å². The van der Waals surface area contributed by atoms with Gasteiger partial charge in [0, 0.05) is 31.1 Å². The highest BCUT2D eigenvalue weighted by molar-refractivity contribution is 7.15. The predicted octanol–water partition coefficient (Wildman–Crippen LogP) is 3.16. The van der Waals surface area contributed by atoms with Crippen LogP contribution in [0, 0.1) is 11.8 Å². The van der Waals surface area contributed by atoms with Crippen molar-refractivity contribution >= 4 is 22.2 Å². The van der Waals surface area contributed by atoms with Crippen LogP contribution in [0.5, 0.6) is 0 Å². The summed E-state index contributed by atoms with van der Waals surface area (Å²) in [6.45, 7) is 3.10. The number of hydrogen-bond acceptors (Lipinski definition) is 5. The van der Waals surface area contributed by atoms with Gasteiger partial charge in [0.1, 0.15) is 0 Å². The molecule has 3 aromatic rings. The normalized spacial score (nSPS) is 19.8. The van der Waals surface area contributed by atoms with Gasteiger partial charge < -0.3 is 5.32 Å². The minimum Gasteiger partial charge on any atom is -0.356 e. The molecule has 2 fully saturated rings. The topological polar surface area (TPSA) is 66.7 Å². The Morgan fingerprint density at radius 1 is 1.20 bits per heavy atom. The molecule has 6 nitrogen and oxygen atoms in total. The van der Waals surface area contributed by atoms with E-state index < -0.39 is 0 Å². The molecule has 0 spiro atoms. The number of thiazole rings is 1. The second-order valence-electron chi connectivity index (χ2n) is 8.45. The summed E-state index contributed by atoms with van der Waals surface area (Å²) < 4.78 is 1.69. The van der Waals surface area contributed by atoms with Crippen LogP contribution in [0.25, 0.3) is 16.2 Å². The molecule has 1 aliphatic heterocycles. The summed E-state index contributed by atoms with van der Waals surface area (Å²) >= 11 is 1.49. The SMILES string of the molecule is O=C(NCC1CC1)C1CCCN(Cc2cc(=O)n3c(-c4ccccc4)csc3n2)C1. The van der Waals surface area contributed by atoms with E-state index in [0.29, 0.717) is 17.4 Å². The number of fused-ring (bicyclic) bond motifs is 1. The summed E-state index contributed by atoms with van der Waals surface area (Å²) in [6, 6.07) is 11.6. The summed E-state index contributed by atoms with van der Waals surface area (Å²) in [6.07, 6.45) is 4.43. The van der Waals surface area contributed by atoms with E-state index in [1.807, 2.05) is 35.7 Å². The van der Waals surface area contributed by atoms with Crippen LogP contribution >= 0.6 is 11.3 Å². The third-order valence-electron chi connectivity index (χ3n) is 6.05.